The van der Waals surface area contributed by atoms with Gasteiger partial charge in [-0.3, -0.25) is 4.79 Å². The average Bonchev–Trinajstić information content (AvgIpc) is 3.03. The summed E-state index contributed by atoms with van der Waals surface area (Å²) in [6, 6.07) is 9.03. The lowest BCUT2D eigenvalue weighted by atomic mass is 10.0. The summed E-state index contributed by atoms with van der Waals surface area (Å²) in [7, 11) is 1.75. The lowest BCUT2D eigenvalue weighted by Crippen LogP contribution is -2.32. The number of halogens is 2. The number of phenolic OH excluding ortho intramolecular Hbond substituents is 1. The normalized spacial score (nSPS) is 12.0. The average molecular weight is 357 g/mol. The SMILES string of the molecule is Cn1ccnc1[C@@H](NC(=O)Cc1ccc(O)cc1)c1ccc(F)c(F)c1. The number of aryl methyl sites for hydroxylation is 1. The molecule has 0 saturated heterocycles. The van der Waals surface area contributed by atoms with Crippen LogP contribution in [0.4, 0.5) is 8.78 Å². The van der Waals surface area contributed by atoms with Crippen molar-refractivity contribution in [2.24, 2.45) is 7.05 Å². The van der Waals surface area contributed by atoms with Gasteiger partial charge in [-0.05, 0) is 35.4 Å². The summed E-state index contributed by atoms with van der Waals surface area (Å²) in [5, 5.41) is 12.1. The number of rotatable bonds is 5. The first-order valence-corrected chi connectivity index (χ1v) is 7.93. The highest BCUT2D eigenvalue weighted by Crippen LogP contribution is 2.22. The van der Waals surface area contributed by atoms with Crippen LogP contribution in [0.15, 0.2) is 54.9 Å². The first kappa shape index (κ1) is 17.6. The van der Waals surface area contributed by atoms with E-state index >= 15 is 0 Å². The predicted octanol–water partition coefficient (Wildman–Crippen LogP) is 2.85. The van der Waals surface area contributed by atoms with Gasteiger partial charge < -0.3 is 15.0 Å². The molecule has 0 fully saturated rings. The van der Waals surface area contributed by atoms with Gasteiger partial charge in [-0.15, -0.1) is 0 Å². The molecule has 0 aliphatic heterocycles. The molecule has 1 heterocycles. The molecule has 3 aromatic rings. The zero-order valence-corrected chi connectivity index (χ0v) is 14.0. The maximum absolute atomic E-state index is 13.7. The Bertz CT molecular complexity index is 923. The Morgan fingerprint density at radius 2 is 1.92 bits per heavy atom. The molecule has 0 unspecified atom stereocenters. The fourth-order valence-electron chi connectivity index (χ4n) is 2.66. The number of hydrogen-bond acceptors (Lipinski definition) is 3. The summed E-state index contributed by atoms with van der Waals surface area (Å²) >= 11 is 0. The first-order valence-electron chi connectivity index (χ1n) is 7.93. The number of nitrogens with zero attached hydrogens (tertiary/aromatic N) is 2. The van der Waals surface area contributed by atoms with Crippen LogP contribution in [-0.4, -0.2) is 20.6 Å². The molecule has 0 aliphatic rings. The van der Waals surface area contributed by atoms with Gasteiger partial charge in [0.1, 0.15) is 17.6 Å². The molecule has 26 heavy (non-hydrogen) atoms. The molecule has 2 N–H and O–H groups in total. The molecule has 7 heteroatoms. The molecule has 0 bridgehead atoms. The Labute approximate surface area is 148 Å². The molecule has 0 aliphatic carbocycles. The number of nitrogens with one attached hydrogen (secondary N) is 1. The topological polar surface area (TPSA) is 67.2 Å². The van der Waals surface area contributed by atoms with Crippen LogP contribution in [0.3, 0.4) is 0 Å². The molecular formula is C19H17F2N3O2. The minimum absolute atomic E-state index is 0.0743. The molecule has 5 nitrogen and oxygen atoms in total. The van der Waals surface area contributed by atoms with Crippen LogP contribution in [0, 0.1) is 11.6 Å². The predicted molar refractivity (Wildman–Crippen MR) is 91.4 cm³/mol. The highest BCUT2D eigenvalue weighted by molar-refractivity contribution is 5.79. The van der Waals surface area contributed by atoms with Crippen molar-refractivity contribution in [3.05, 3.63) is 83.4 Å². The van der Waals surface area contributed by atoms with E-state index < -0.39 is 17.7 Å². The smallest absolute Gasteiger partial charge is 0.225 e. The van der Waals surface area contributed by atoms with Gasteiger partial charge in [-0.2, -0.15) is 0 Å². The van der Waals surface area contributed by atoms with Gasteiger partial charge in [0.15, 0.2) is 11.6 Å². The van der Waals surface area contributed by atoms with Gasteiger partial charge >= 0.3 is 0 Å². The quantitative estimate of drug-likeness (QED) is 0.738. The van der Waals surface area contributed by atoms with Gasteiger partial charge in [-0.1, -0.05) is 18.2 Å². The largest absolute Gasteiger partial charge is 0.508 e. The van der Waals surface area contributed by atoms with E-state index in [1.807, 2.05) is 0 Å². The van der Waals surface area contributed by atoms with Crippen molar-refractivity contribution < 1.29 is 18.7 Å². The van der Waals surface area contributed by atoms with E-state index in [2.05, 4.69) is 10.3 Å². The first-order chi connectivity index (χ1) is 12.4. The number of aromatic nitrogens is 2. The van der Waals surface area contributed by atoms with Crippen LogP contribution in [-0.2, 0) is 18.3 Å². The number of carbonyl (C=O) groups excluding carboxylic acids is 1. The van der Waals surface area contributed by atoms with Crippen molar-refractivity contribution in [3.63, 3.8) is 0 Å². The second-order valence-corrected chi connectivity index (χ2v) is 5.91. The van der Waals surface area contributed by atoms with Crippen LogP contribution in [0.25, 0.3) is 0 Å². The molecular weight excluding hydrogens is 340 g/mol. The number of benzene rings is 2. The van der Waals surface area contributed by atoms with Gasteiger partial charge in [0.2, 0.25) is 5.91 Å². The number of carbonyl (C=O) groups is 1. The van der Waals surface area contributed by atoms with Crippen LogP contribution in [0.5, 0.6) is 5.75 Å². The molecule has 1 amide bonds. The number of amides is 1. The molecule has 1 atom stereocenters. The molecule has 0 saturated carbocycles. The lowest BCUT2D eigenvalue weighted by Gasteiger charge is -2.19. The highest BCUT2D eigenvalue weighted by Gasteiger charge is 2.22. The van der Waals surface area contributed by atoms with Gasteiger partial charge in [0.25, 0.3) is 0 Å². The van der Waals surface area contributed by atoms with Crippen LogP contribution >= 0.6 is 0 Å². The Kier molecular flexibility index (Phi) is 4.97. The van der Waals surface area contributed by atoms with E-state index in [9.17, 15) is 18.7 Å². The van der Waals surface area contributed by atoms with Crippen molar-refractivity contribution in [2.75, 3.05) is 0 Å². The Morgan fingerprint density at radius 1 is 1.19 bits per heavy atom. The van der Waals surface area contributed by atoms with Crippen LogP contribution in [0.1, 0.15) is 23.0 Å². The number of aromatic hydroxyl groups is 1. The Morgan fingerprint density at radius 3 is 2.54 bits per heavy atom. The molecule has 0 spiro atoms. The van der Waals surface area contributed by atoms with Crippen molar-refractivity contribution in [1.29, 1.82) is 0 Å². The van der Waals surface area contributed by atoms with Gasteiger partial charge in [-0.25, -0.2) is 13.8 Å². The van der Waals surface area contributed by atoms with E-state index in [1.54, 1.807) is 36.1 Å². The molecule has 3 rings (SSSR count). The zero-order valence-electron chi connectivity index (χ0n) is 14.0. The van der Waals surface area contributed by atoms with Crippen LogP contribution in [0.2, 0.25) is 0 Å². The van der Waals surface area contributed by atoms with Gasteiger partial charge in [0, 0.05) is 19.4 Å². The third kappa shape index (κ3) is 3.88. The number of phenols is 1. The summed E-state index contributed by atoms with van der Waals surface area (Å²) in [6.45, 7) is 0. The Balaban J connectivity index is 1.86. The van der Waals surface area contributed by atoms with E-state index in [1.165, 1.54) is 18.2 Å². The second kappa shape index (κ2) is 7.35. The standard InChI is InChI=1S/C19H17F2N3O2/c1-24-9-8-22-19(24)18(13-4-7-15(20)16(21)11-13)23-17(26)10-12-2-5-14(25)6-3-12/h2-9,11,18,25H,10H2,1H3,(H,23,26)/t18-/m0/s1. The molecule has 2 aromatic carbocycles. The maximum Gasteiger partial charge on any atom is 0.225 e. The third-order valence-corrected chi connectivity index (χ3v) is 4.00. The monoisotopic (exact) mass is 357 g/mol. The minimum Gasteiger partial charge on any atom is -0.508 e. The van der Waals surface area contributed by atoms with E-state index in [-0.39, 0.29) is 18.1 Å². The summed E-state index contributed by atoms with van der Waals surface area (Å²) in [5.74, 6) is -1.65. The lowest BCUT2D eigenvalue weighted by molar-refractivity contribution is -0.121. The number of imidazole rings is 1. The minimum atomic E-state index is -0.991. The highest BCUT2D eigenvalue weighted by atomic mass is 19.2. The van der Waals surface area contributed by atoms with Gasteiger partial charge in [0.05, 0.1) is 6.42 Å². The van der Waals surface area contributed by atoms with Crippen molar-refractivity contribution in [1.82, 2.24) is 14.9 Å². The van der Waals surface area contributed by atoms with Crippen molar-refractivity contribution >= 4 is 5.91 Å². The summed E-state index contributed by atoms with van der Waals surface area (Å²) in [6.07, 6.45) is 3.34. The van der Waals surface area contributed by atoms with E-state index in [0.29, 0.717) is 17.0 Å². The zero-order chi connectivity index (χ0) is 18.7. The second-order valence-electron chi connectivity index (χ2n) is 5.91. The van der Waals surface area contributed by atoms with E-state index in [0.717, 1.165) is 12.1 Å². The fraction of sp³-hybridized carbons (Fsp3) is 0.158. The summed E-state index contributed by atoms with van der Waals surface area (Å²) < 4.78 is 28.6. The maximum atomic E-state index is 13.7. The fourth-order valence-corrected chi connectivity index (χ4v) is 2.66. The van der Waals surface area contributed by atoms with Crippen molar-refractivity contribution in [2.45, 2.75) is 12.5 Å². The number of hydrogen-bond donors (Lipinski definition) is 2. The summed E-state index contributed by atoms with van der Waals surface area (Å²) in [4.78, 5) is 16.7. The van der Waals surface area contributed by atoms with Crippen LogP contribution < -0.4 is 5.32 Å². The third-order valence-electron chi connectivity index (χ3n) is 4.00. The Hall–Kier alpha value is -3.22. The molecule has 0 radical (unpaired) electrons. The molecule has 134 valence electrons. The van der Waals surface area contributed by atoms with Crippen molar-refractivity contribution in [3.8, 4) is 5.75 Å². The molecule has 1 aromatic heterocycles. The summed E-state index contributed by atoms with van der Waals surface area (Å²) in [5.41, 5.74) is 1.10. The van der Waals surface area contributed by atoms with E-state index in [4.69, 9.17) is 0 Å².